The second-order valence-electron chi connectivity index (χ2n) is 6.48. The summed E-state index contributed by atoms with van der Waals surface area (Å²) < 4.78 is 4.54. The summed E-state index contributed by atoms with van der Waals surface area (Å²) in [7, 11) is 2.13. The number of aromatic nitrogens is 3. The number of pyridine rings is 1. The third-order valence-corrected chi connectivity index (χ3v) is 5.01. The predicted octanol–water partition coefficient (Wildman–Crippen LogP) is 3.73. The van der Waals surface area contributed by atoms with Gasteiger partial charge in [0.15, 0.2) is 6.20 Å². The van der Waals surface area contributed by atoms with Gasteiger partial charge in [-0.15, -0.1) is 0 Å². The Morgan fingerprint density at radius 1 is 1.00 bits per heavy atom. The van der Waals surface area contributed by atoms with Gasteiger partial charge in [-0.2, -0.15) is 0 Å². The van der Waals surface area contributed by atoms with Crippen molar-refractivity contribution in [3.05, 3.63) is 77.7 Å². The first-order valence-corrected chi connectivity index (χ1v) is 8.28. The van der Waals surface area contributed by atoms with E-state index in [9.17, 15) is 0 Å². The lowest BCUT2D eigenvalue weighted by Crippen LogP contribution is -2.32. The highest BCUT2D eigenvalue weighted by Crippen LogP contribution is 2.36. The Balaban J connectivity index is 1.83. The Hall–Kier alpha value is -2.94. The number of rotatable bonds is 1. The van der Waals surface area contributed by atoms with Crippen molar-refractivity contribution in [3.8, 4) is 16.9 Å². The monoisotopic (exact) mass is 312 g/mol. The minimum absolute atomic E-state index is 0.877. The van der Waals surface area contributed by atoms with E-state index < -0.39 is 0 Å². The van der Waals surface area contributed by atoms with Crippen molar-refractivity contribution in [2.45, 2.75) is 13.3 Å². The molecule has 2 aromatic carbocycles. The number of hydrogen-bond donors (Lipinski definition) is 0. The van der Waals surface area contributed by atoms with Crippen molar-refractivity contribution in [2.24, 2.45) is 7.05 Å². The zero-order valence-corrected chi connectivity index (χ0v) is 13.8. The molecule has 0 atom stereocenters. The molecule has 0 unspecified atom stereocenters. The molecule has 3 heterocycles. The molecule has 0 aliphatic carbocycles. The summed E-state index contributed by atoms with van der Waals surface area (Å²) >= 11 is 0. The summed E-state index contributed by atoms with van der Waals surface area (Å²) in [4.78, 5) is 4.85. The first kappa shape index (κ1) is 13.5. The lowest BCUT2D eigenvalue weighted by molar-refractivity contribution is -0.660. The minimum Gasteiger partial charge on any atom is -0.295 e. The van der Waals surface area contributed by atoms with Crippen LogP contribution in [0.1, 0.15) is 17.0 Å². The van der Waals surface area contributed by atoms with Crippen LogP contribution in [0.5, 0.6) is 0 Å². The predicted molar refractivity (Wildman–Crippen MR) is 95.2 cm³/mol. The van der Waals surface area contributed by atoms with E-state index in [0.717, 1.165) is 17.8 Å². The molecule has 0 saturated carbocycles. The molecule has 2 aromatic heterocycles. The van der Waals surface area contributed by atoms with Crippen molar-refractivity contribution in [3.63, 3.8) is 0 Å². The molecule has 1 aliphatic heterocycles. The fourth-order valence-corrected chi connectivity index (χ4v) is 3.89. The van der Waals surface area contributed by atoms with Gasteiger partial charge in [-0.25, -0.2) is 9.55 Å². The van der Waals surface area contributed by atoms with Crippen LogP contribution in [-0.4, -0.2) is 9.55 Å². The molecule has 4 aromatic rings. The Bertz CT molecular complexity index is 1110. The maximum atomic E-state index is 4.85. The van der Waals surface area contributed by atoms with Crippen LogP contribution in [0.15, 0.2) is 60.8 Å². The van der Waals surface area contributed by atoms with Crippen molar-refractivity contribution < 1.29 is 4.57 Å². The summed E-state index contributed by atoms with van der Waals surface area (Å²) in [6.45, 7) is 2.18. The van der Waals surface area contributed by atoms with Crippen molar-refractivity contribution >= 4 is 11.0 Å². The summed E-state index contributed by atoms with van der Waals surface area (Å²) in [5.74, 6) is 1.13. The largest absolute Gasteiger partial charge is 0.295 e. The second kappa shape index (κ2) is 4.78. The maximum absolute atomic E-state index is 4.85. The van der Waals surface area contributed by atoms with Gasteiger partial charge in [0.2, 0.25) is 5.69 Å². The van der Waals surface area contributed by atoms with Gasteiger partial charge in [-0.05, 0) is 30.7 Å². The normalized spacial score (nSPS) is 12.4. The van der Waals surface area contributed by atoms with Crippen LogP contribution in [-0.2, 0) is 13.5 Å². The van der Waals surface area contributed by atoms with Crippen molar-refractivity contribution in [2.75, 3.05) is 0 Å². The van der Waals surface area contributed by atoms with E-state index in [2.05, 4.69) is 83.9 Å². The van der Waals surface area contributed by atoms with Crippen molar-refractivity contribution in [1.82, 2.24) is 9.55 Å². The number of fused-ring (bicyclic) bond motifs is 5. The fourth-order valence-electron chi connectivity index (χ4n) is 3.89. The molecule has 0 N–H and O–H groups in total. The van der Waals surface area contributed by atoms with Gasteiger partial charge < -0.3 is 0 Å². The Kier molecular flexibility index (Phi) is 2.69. The quantitative estimate of drug-likeness (QED) is 0.432. The molecule has 3 nitrogen and oxygen atoms in total. The third-order valence-electron chi connectivity index (χ3n) is 5.01. The van der Waals surface area contributed by atoms with E-state index in [1.165, 1.54) is 33.6 Å². The highest BCUT2D eigenvalue weighted by atomic mass is 15.1. The first-order chi connectivity index (χ1) is 11.7. The summed E-state index contributed by atoms with van der Waals surface area (Å²) in [6, 6.07) is 19.2. The van der Waals surface area contributed by atoms with Gasteiger partial charge >= 0.3 is 0 Å². The lowest BCUT2D eigenvalue weighted by atomic mass is 9.99. The van der Waals surface area contributed by atoms with E-state index >= 15 is 0 Å². The smallest absolute Gasteiger partial charge is 0.218 e. The number of hydrogen-bond acceptors (Lipinski definition) is 1. The highest BCUT2D eigenvalue weighted by molar-refractivity contribution is 5.81. The second-order valence-corrected chi connectivity index (χ2v) is 6.48. The van der Waals surface area contributed by atoms with Gasteiger partial charge in [-0.1, -0.05) is 30.3 Å². The van der Waals surface area contributed by atoms with Gasteiger partial charge in [0.25, 0.3) is 0 Å². The van der Waals surface area contributed by atoms with Crippen LogP contribution >= 0.6 is 0 Å². The number of para-hydroxylation sites is 2. The maximum Gasteiger partial charge on any atom is 0.218 e. The van der Waals surface area contributed by atoms with Crippen LogP contribution in [0.3, 0.4) is 0 Å². The van der Waals surface area contributed by atoms with Gasteiger partial charge in [0.1, 0.15) is 12.9 Å². The molecule has 0 fully saturated rings. The molecule has 24 heavy (non-hydrogen) atoms. The number of aryl methyl sites for hydroxylation is 2. The van der Waals surface area contributed by atoms with Crippen LogP contribution < -0.4 is 4.57 Å². The lowest BCUT2D eigenvalue weighted by Gasteiger charge is -2.09. The molecule has 116 valence electrons. The zero-order valence-electron chi connectivity index (χ0n) is 13.8. The molecule has 3 heteroatoms. The minimum atomic E-state index is 0.877. The van der Waals surface area contributed by atoms with Crippen LogP contribution in [0.25, 0.3) is 28.0 Å². The molecule has 1 aliphatic rings. The molecule has 0 saturated heterocycles. The average Bonchev–Trinajstić information content (AvgIpc) is 3.11. The summed E-state index contributed by atoms with van der Waals surface area (Å²) in [5.41, 5.74) is 8.78. The number of nitrogens with zero attached hydrogens (tertiary/aromatic N) is 3. The van der Waals surface area contributed by atoms with Gasteiger partial charge in [-0.3, -0.25) is 4.57 Å². The molecular weight excluding hydrogens is 294 g/mol. The first-order valence-electron chi connectivity index (χ1n) is 8.28. The highest BCUT2D eigenvalue weighted by Gasteiger charge is 2.30. The summed E-state index contributed by atoms with van der Waals surface area (Å²) in [6.07, 6.45) is 3.03. The Morgan fingerprint density at radius 3 is 2.67 bits per heavy atom. The third kappa shape index (κ3) is 1.72. The molecule has 0 radical (unpaired) electrons. The average molecular weight is 312 g/mol. The molecule has 0 bridgehead atoms. The number of imidazole rings is 1. The molecule has 0 amide bonds. The van der Waals surface area contributed by atoms with E-state index in [1.807, 2.05) is 0 Å². The Morgan fingerprint density at radius 2 is 1.79 bits per heavy atom. The van der Waals surface area contributed by atoms with Crippen LogP contribution in [0, 0.1) is 6.92 Å². The fraction of sp³-hybridized carbons (Fsp3) is 0.143. The van der Waals surface area contributed by atoms with Gasteiger partial charge in [0, 0.05) is 18.1 Å². The standard InChI is InChI=1S/C21H18N3/c1-14-7-3-4-8-15(14)21-16-13-20-22-17-9-5-6-10-19(17)24(20)18(16)11-12-23(21)2/h3-12H,13H2,1-2H3/q+1. The van der Waals surface area contributed by atoms with E-state index in [-0.39, 0.29) is 0 Å². The number of benzene rings is 2. The zero-order chi connectivity index (χ0) is 16.3. The van der Waals surface area contributed by atoms with Crippen LogP contribution in [0.2, 0.25) is 0 Å². The topological polar surface area (TPSA) is 21.7 Å². The van der Waals surface area contributed by atoms with E-state index in [0.29, 0.717) is 0 Å². The van der Waals surface area contributed by atoms with E-state index in [1.54, 1.807) is 0 Å². The van der Waals surface area contributed by atoms with E-state index in [4.69, 9.17) is 4.98 Å². The molecular formula is C21H18N3+. The van der Waals surface area contributed by atoms with Crippen molar-refractivity contribution in [1.29, 1.82) is 0 Å². The molecule has 0 spiro atoms. The Labute approximate surface area is 140 Å². The van der Waals surface area contributed by atoms with Crippen LogP contribution in [0.4, 0.5) is 0 Å². The van der Waals surface area contributed by atoms with Gasteiger partial charge in [0.05, 0.1) is 22.3 Å². The SMILES string of the molecule is Cc1ccccc1-c1c2c(cc[n+]1C)-n1c(nc3ccccc31)C2. The summed E-state index contributed by atoms with van der Waals surface area (Å²) in [5, 5.41) is 0. The molecule has 5 rings (SSSR count).